The molecule has 2 aromatic carbocycles. The second-order valence-corrected chi connectivity index (χ2v) is 5.77. The van der Waals surface area contributed by atoms with Crippen molar-refractivity contribution in [2.45, 2.75) is 13.1 Å². The number of carbonyl (C=O) groups excluding carboxylic acids is 1. The molecule has 0 unspecified atom stereocenters. The van der Waals surface area contributed by atoms with Crippen LogP contribution < -0.4 is 11.1 Å². The summed E-state index contributed by atoms with van der Waals surface area (Å²) < 4.78 is 0. The summed E-state index contributed by atoms with van der Waals surface area (Å²) in [6.45, 7) is 1.20. The Morgan fingerprint density at radius 1 is 1.17 bits per heavy atom. The maximum atomic E-state index is 12.1. The van der Waals surface area contributed by atoms with Crippen LogP contribution in [-0.2, 0) is 13.1 Å². The van der Waals surface area contributed by atoms with Gasteiger partial charge in [-0.1, -0.05) is 24.3 Å². The number of nitrogens with zero attached hydrogens (tertiary/aromatic N) is 2. The SMILES string of the molecule is CN(C)Cc1ccc(CNC(=O)c2ccc(N)c([N+](=O)[O-])c2)cc1. The van der Waals surface area contributed by atoms with Gasteiger partial charge in [-0.25, -0.2) is 0 Å². The smallest absolute Gasteiger partial charge is 0.292 e. The summed E-state index contributed by atoms with van der Waals surface area (Å²) in [5.74, 6) is -0.379. The van der Waals surface area contributed by atoms with Crippen molar-refractivity contribution in [1.29, 1.82) is 0 Å². The number of rotatable bonds is 6. The summed E-state index contributed by atoms with van der Waals surface area (Å²) in [5.41, 5.74) is 7.64. The predicted molar refractivity (Wildman–Crippen MR) is 92.5 cm³/mol. The zero-order chi connectivity index (χ0) is 17.7. The third-order valence-corrected chi connectivity index (χ3v) is 3.46. The molecule has 0 aliphatic rings. The summed E-state index contributed by atoms with van der Waals surface area (Å²) >= 11 is 0. The van der Waals surface area contributed by atoms with Crippen LogP contribution in [0.5, 0.6) is 0 Å². The molecule has 1 amide bonds. The summed E-state index contributed by atoms with van der Waals surface area (Å²) in [5, 5.41) is 13.6. The average Bonchev–Trinajstić information content (AvgIpc) is 2.53. The van der Waals surface area contributed by atoms with Crippen LogP contribution in [0, 0.1) is 10.1 Å². The Balaban J connectivity index is 2.00. The van der Waals surface area contributed by atoms with E-state index in [0.29, 0.717) is 6.54 Å². The van der Waals surface area contributed by atoms with Crippen LogP contribution in [0.25, 0.3) is 0 Å². The molecule has 0 spiro atoms. The fourth-order valence-electron chi connectivity index (χ4n) is 2.26. The fourth-order valence-corrected chi connectivity index (χ4v) is 2.26. The first kappa shape index (κ1) is 17.4. The largest absolute Gasteiger partial charge is 0.393 e. The Hall–Kier alpha value is -2.93. The molecule has 7 heteroatoms. The molecule has 126 valence electrons. The van der Waals surface area contributed by atoms with Gasteiger partial charge in [-0.05, 0) is 37.4 Å². The molecule has 7 nitrogen and oxygen atoms in total. The van der Waals surface area contributed by atoms with Gasteiger partial charge in [0.1, 0.15) is 5.69 Å². The molecular weight excluding hydrogens is 308 g/mol. The van der Waals surface area contributed by atoms with E-state index in [1.54, 1.807) is 0 Å². The molecule has 0 saturated carbocycles. The first-order valence-electron chi connectivity index (χ1n) is 7.41. The Morgan fingerprint density at radius 3 is 2.38 bits per heavy atom. The third-order valence-electron chi connectivity index (χ3n) is 3.46. The van der Waals surface area contributed by atoms with Crippen LogP contribution in [0.1, 0.15) is 21.5 Å². The fraction of sp³-hybridized carbons (Fsp3) is 0.235. The van der Waals surface area contributed by atoms with Gasteiger partial charge in [-0.3, -0.25) is 14.9 Å². The lowest BCUT2D eigenvalue weighted by molar-refractivity contribution is -0.383. The minimum atomic E-state index is -0.602. The Kier molecular flexibility index (Phi) is 5.49. The van der Waals surface area contributed by atoms with Crippen LogP contribution in [-0.4, -0.2) is 29.8 Å². The number of carbonyl (C=O) groups is 1. The van der Waals surface area contributed by atoms with E-state index < -0.39 is 4.92 Å². The Labute approximate surface area is 140 Å². The second-order valence-electron chi connectivity index (χ2n) is 5.77. The number of hydrogen-bond donors (Lipinski definition) is 2. The average molecular weight is 328 g/mol. The topological polar surface area (TPSA) is 102 Å². The zero-order valence-corrected chi connectivity index (χ0v) is 13.7. The minimum absolute atomic E-state index is 0.0352. The van der Waals surface area contributed by atoms with Gasteiger partial charge in [-0.15, -0.1) is 0 Å². The van der Waals surface area contributed by atoms with Crippen LogP contribution in [0.3, 0.4) is 0 Å². The van der Waals surface area contributed by atoms with Crippen molar-refractivity contribution in [3.8, 4) is 0 Å². The molecule has 0 bridgehead atoms. The number of anilines is 1. The Morgan fingerprint density at radius 2 is 1.79 bits per heavy atom. The molecule has 3 N–H and O–H groups in total. The quantitative estimate of drug-likeness (QED) is 0.481. The molecule has 0 heterocycles. The zero-order valence-electron chi connectivity index (χ0n) is 13.7. The van der Waals surface area contributed by atoms with E-state index in [9.17, 15) is 14.9 Å². The number of benzene rings is 2. The van der Waals surface area contributed by atoms with Crippen molar-refractivity contribution in [2.75, 3.05) is 19.8 Å². The highest BCUT2D eigenvalue weighted by molar-refractivity contribution is 5.95. The van der Waals surface area contributed by atoms with E-state index in [4.69, 9.17) is 5.73 Å². The number of nitrogens with one attached hydrogen (secondary N) is 1. The molecule has 0 saturated heterocycles. The van der Waals surface area contributed by atoms with Gasteiger partial charge in [0.2, 0.25) is 0 Å². The summed E-state index contributed by atoms with van der Waals surface area (Å²) in [7, 11) is 4.00. The van der Waals surface area contributed by atoms with Gasteiger partial charge in [0.15, 0.2) is 0 Å². The summed E-state index contributed by atoms with van der Waals surface area (Å²) in [4.78, 5) is 24.5. The van der Waals surface area contributed by atoms with E-state index in [1.165, 1.54) is 23.8 Å². The van der Waals surface area contributed by atoms with E-state index in [1.807, 2.05) is 38.4 Å². The maximum absolute atomic E-state index is 12.1. The van der Waals surface area contributed by atoms with E-state index in [0.717, 1.165) is 12.1 Å². The number of nitro groups is 1. The second kappa shape index (κ2) is 7.56. The minimum Gasteiger partial charge on any atom is -0.393 e. The number of nitrogens with two attached hydrogens (primary N) is 1. The van der Waals surface area contributed by atoms with Crippen LogP contribution >= 0.6 is 0 Å². The van der Waals surface area contributed by atoms with Crippen molar-refractivity contribution in [2.24, 2.45) is 0 Å². The number of amides is 1. The van der Waals surface area contributed by atoms with Crippen molar-refractivity contribution in [3.05, 3.63) is 69.3 Å². The lowest BCUT2D eigenvalue weighted by atomic mass is 10.1. The van der Waals surface area contributed by atoms with Crippen LogP contribution in [0.15, 0.2) is 42.5 Å². The van der Waals surface area contributed by atoms with Crippen molar-refractivity contribution >= 4 is 17.3 Å². The lowest BCUT2D eigenvalue weighted by Gasteiger charge is -2.10. The third kappa shape index (κ3) is 4.53. The highest BCUT2D eigenvalue weighted by atomic mass is 16.6. The van der Waals surface area contributed by atoms with Gasteiger partial charge in [0.25, 0.3) is 11.6 Å². The number of nitro benzene ring substituents is 1. The predicted octanol–water partition coefficient (Wildman–Crippen LogP) is 2.17. The number of hydrogen-bond acceptors (Lipinski definition) is 5. The molecule has 24 heavy (non-hydrogen) atoms. The lowest BCUT2D eigenvalue weighted by Crippen LogP contribution is -2.23. The highest BCUT2D eigenvalue weighted by Gasteiger charge is 2.15. The standard InChI is InChI=1S/C17H20N4O3/c1-20(2)11-13-5-3-12(4-6-13)10-19-17(22)14-7-8-15(18)16(9-14)21(23)24/h3-9H,10-11,18H2,1-2H3,(H,19,22). The molecule has 0 aliphatic heterocycles. The molecule has 0 aliphatic carbocycles. The molecule has 2 rings (SSSR count). The monoisotopic (exact) mass is 328 g/mol. The van der Waals surface area contributed by atoms with Crippen LogP contribution in [0.4, 0.5) is 11.4 Å². The van der Waals surface area contributed by atoms with Crippen LogP contribution in [0.2, 0.25) is 0 Å². The Bertz CT molecular complexity index is 742. The van der Waals surface area contributed by atoms with Gasteiger partial charge < -0.3 is 16.0 Å². The molecular formula is C17H20N4O3. The van der Waals surface area contributed by atoms with Gasteiger partial charge >= 0.3 is 0 Å². The molecule has 0 atom stereocenters. The number of nitrogen functional groups attached to an aromatic ring is 1. The van der Waals surface area contributed by atoms with Gasteiger partial charge in [0.05, 0.1) is 4.92 Å². The maximum Gasteiger partial charge on any atom is 0.292 e. The summed E-state index contributed by atoms with van der Waals surface area (Å²) in [6, 6.07) is 11.9. The van der Waals surface area contributed by atoms with Gasteiger partial charge in [0, 0.05) is 24.7 Å². The van der Waals surface area contributed by atoms with Crippen molar-refractivity contribution in [3.63, 3.8) is 0 Å². The molecule has 0 fully saturated rings. The molecule has 2 aromatic rings. The molecule has 0 aromatic heterocycles. The van der Waals surface area contributed by atoms with E-state index in [-0.39, 0.29) is 22.8 Å². The first-order chi connectivity index (χ1) is 11.4. The van der Waals surface area contributed by atoms with E-state index in [2.05, 4.69) is 10.2 Å². The molecule has 0 radical (unpaired) electrons. The summed E-state index contributed by atoms with van der Waals surface area (Å²) in [6.07, 6.45) is 0. The van der Waals surface area contributed by atoms with Crippen molar-refractivity contribution < 1.29 is 9.72 Å². The van der Waals surface area contributed by atoms with Gasteiger partial charge in [-0.2, -0.15) is 0 Å². The normalized spacial score (nSPS) is 10.6. The highest BCUT2D eigenvalue weighted by Crippen LogP contribution is 2.22. The first-order valence-corrected chi connectivity index (χ1v) is 7.41. The van der Waals surface area contributed by atoms with Crippen molar-refractivity contribution in [1.82, 2.24) is 10.2 Å². The van der Waals surface area contributed by atoms with E-state index >= 15 is 0 Å².